The molecule has 1 rings (SSSR count). The van der Waals surface area contributed by atoms with Gasteiger partial charge in [0.05, 0.1) is 0 Å². The predicted octanol–water partition coefficient (Wildman–Crippen LogP) is 4.44. The van der Waals surface area contributed by atoms with E-state index in [0.717, 1.165) is 11.8 Å². The molecule has 0 radical (unpaired) electrons. The summed E-state index contributed by atoms with van der Waals surface area (Å²) in [7, 11) is -1.54. The molecule has 0 heterocycles. The van der Waals surface area contributed by atoms with Gasteiger partial charge in [0, 0.05) is 6.10 Å². The van der Waals surface area contributed by atoms with Gasteiger partial charge in [0.2, 0.25) is 0 Å². The minimum atomic E-state index is -1.54. The monoisotopic (exact) mass is 228 g/mol. The highest BCUT2D eigenvalue weighted by Gasteiger charge is 2.42. The molecule has 0 amide bonds. The van der Waals surface area contributed by atoms with E-state index in [1.54, 1.807) is 0 Å². The first-order valence-corrected chi connectivity index (χ1v) is 9.22. The van der Waals surface area contributed by atoms with Gasteiger partial charge >= 0.3 is 0 Å². The van der Waals surface area contributed by atoms with Crippen molar-refractivity contribution in [3.8, 4) is 0 Å². The van der Waals surface area contributed by atoms with Crippen LogP contribution in [0.1, 0.15) is 47.5 Å². The first kappa shape index (κ1) is 13.2. The summed E-state index contributed by atoms with van der Waals surface area (Å²) in [4.78, 5) is 0. The molecule has 1 nitrogen and oxygen atoms in total. The van der Waals surface area contributed by atoms with Gasteiger partial charge in [0.15, 0.2) is 8.32 Å². The smallest absolute Gasteiger partial charge is 0.192 e. The summed E-state index contributed by atoms with van der Waals surface area (Å²) >= 11 is 0. The molecule has 0 aromatic rings. The topological polar surface area (TPSA) is 9.23 Å². The van der Waals surface area contributed by atoms with Crippen LogP contribution in [0.3, 0.4) is 0 Å². The van der Waals surface area contributed by atoms with Crippen LogP contribution in [0.25, 0.3) is 0 Å². The van der Waals surface area contributed by atoms with Crippen LogP contribution in [-0.4, -0.2) is 14.4 Å². The van der Waals surface area contributed by atoms with E-state index in [9.17, 15) is 0 Å². The largest absolute Gasteiger partial charge is 0.414 e. The number of hydrogen-bond donors (Lipinski definition) is 0. The third-order valence-corrected chi connectivity index (χ3v) is 8.80. The second-order valence-corrected chi connectivity index (χ2v) is 11.7. The average molecular weight is 228 g/mol. The molecule has 15 heavy (non-hydrogen) atoms. The van der Waals surface area contributed by atoms with Gasteiger partial charge in [0.1, 0.15) is 0 Å². The molecule has 0 spiro atoms. The van der Waals surface area contributed by atoms with Crippen LogP contribution in [0, 0.1) is 11.8 Å². The van der Waals surface area contributed by atoms with Gasteiger partial charge in [-0.3, -0.25) is 0 Å². The van der Waals surface area contributed by atoms with Gasteiger partial charge in [-0.15, -0.1) is 0 Å². The normalized spacial score (nSPS) is 33.4. The molecule has 1 aliphatic rings. The van der Waals surface area contributed by atoms with Crippen LogP contribution in [0.2, 0.25) is 18.1 Å². The van der Waals surface area contributed by atoms with E-state index in [1.165, 1.54) is 12.8 Å². The predicted molar refractivity (Wildman–Crippen MR) is 69.6 cm³/mol. The van der Waals surface area contributed by atoms with Crippen LogP contribution in [0.5, 0.6) is 0 Å². The fourth-order valence-electron chi connectivity index (χ4n) is 2.23. The van der Waals surface area contributed by atoms with E-state index in [4.69, 9.17) is 4.43 Å². The summed E-state index contributed by atoms with van der Waals surface area (Å²) in [5, 5.41) is 0.346. The maximum absolute atomic E-state index is 6.48. The lowest BCUT2D eigenvalue weighted by atomic mass is 10.1. The maximum Gasteiger partial charge on any atom is 0.192 e. The molecule has 0 bridgehead atoms. The molecule has 0 saturated heterocycles. The Morgan fingerprint density at radius 3 is 1.93 bits per heavy atom. The molecule has 0 N–H and O–H groups in total. The van der Waals surface area contributed by atoms with Gasteiger partial charge in [-0.25, -0.2) is 0 Å². The molecule has 0 aliphatic heterocycles. The van der Waals surface area contributed by atoms with Gasteiger partial charge in [-0.2, -0.15) is 0 Å². The summed E-state index contributed by atoms with van der Waals surface area (Å²) in [5.74, 6) is 1.61. The van der Waals surface area contributed by atoms with Crippen LogP contribution in [0.15, 0.2) is 0 Å². The SMILES string of the molecule is CC1CC(C)C(O[Si](C)(C)C(C)(C)C)C1. The van der Waals surface area contributed by atoms with E-state index in [-0.39, 0.29) is 0 Å². The summed E-state index contributed by atoms with van der Waals surface area (Å²) in [6.07, 6.45) is 3.15. The third-order valence-electron chi connectivity index (χ3n) is 4.30. The Balaban J connectivity index is 2.62. The van der Waals surface area contributed by atoms with Crippen LogP contribution >= 0.6 is 0 Å². The highest BCUT2D eigenvalue weighted by molar-refractivity contribution is 6.74. The number of rotatable bonds is 2. The Morgan fingerprint density at radius 1 is 1.07 bits per heavy atom. The Kier molecular flexibility index (Phi) is 3.72. The summed E-state index contributed by atoms with van der Waals surface area (Å²) in [6.45, 7) is 16.4. The van der Waals surface area contributed by atoms with Crippen LogP contribution in [-0.2, 0) is 4.43 Å². The molecule has 2 heteroatoms. The van der Waals surface area contributed by atoms with Crippen molar-refractivity contribution in [2.75, 3.05) is 0 Å². The van der Waals surface area contributed by atoms with Crippen molar-refractivity contribution < 1.29 is 4.43 Å². The van der Waals surface area contributed by atoms with E-state index >= 15 is 0 Å². The lowest BCUT2D eigenvalue weighted by Crippen LogP contribution is -2.44. The second kappa shape index (κ2) is 4.21. The first-order chi connectivity index (χ1) is 6.63. The molecule has 1 aliphatic carbocycles. The summed E-state index contributed by atoms with van der Waals surface area (Å²) in [6, 6.07) is 0. The minimum Gasteiger partial charge on any atom is -0.414 e. The lowest BCUT2D eigenvalue weighted by molar-refractivity contribution is 0.147. The van der Waals surface area contributed by atoms with Crippen molar-refractivity contribution in [2.45, 2.75) is 71.7 Å². The van der Waals surface area contributed by atoms with Gasteiger partial charge in [0.25, 0.3) is 0 Å². The molecular weight excluding hydrogens is 200 g/mol. The molecule has 3 unspecified atom stereocenters. The minimum absolute atomic E-state index is 0.346. The maximum atomic E-state index is 6.48. The molecular formula is C13H28OSi. The quantitative estimate of drug-likeness (QED) is 0.635. The third kappa shape index (κ3) is 3.07. The Bertz CT molecular complexity index is 217. The summed E-state index contributed by atoms with van der Waals surface area (Å²) in [5.41, 5.74) is 0. The fourth-order valence-corrected chi connectivity index (χ4v) is 3.67. The van der Waals surface area contributed by atoms with E-state index in [1.807, 2.05) is 0 Å². The zero-order valence-electron chi connectivity index (χ0n) is 11.6. The zero-order chi connectivity index (χ0) is 11.9. The average Bonchev–Trinajstić information content (AvgIpc) is 2.26. The van der Waals surface area contributed by atoms with Crippen LogP contribution in [0.4, 0.5) is 0 Å². The highest BCUT2D eigenvalue weighted by Crippen LogP contribution is 2.41. The van der Waals surface area contributed by atoms with Crippen molar-refractivity contribution >= 4 is 8.32 Å². The Labute approximate surface area is 96.7 Å². The van der Waals surface area contributed by atoms with Crippen LogP contribution < -0.4 is 0 Å². The zero-order valence-corrected chi connectivity index (χ0v) is 12.6. The molecule has 0 aromatic carbocycles. The Morgan fingerprint density at radius 2 is 1.60 bits per heavy atom. The fraction of sp³-hybridized carbons (Fsp3) is 1.00. The lowest BCUT2D eigenvalue weighted by Gasteiger charge is -2.39. The van der Waals surface area contributed by atoms with Crippen molar-refractivity contribution in [3.05, 3.63) is 0 Å². The Hall–Kier alpha value is 0.177. The van der Waals surface area contributed by atoms with Gasteiger partial charge in [-0.1, -0.05) is 34.6 Å². The molecule has 1 fully saturated rings. The van der Waals surface area contributed by atoms with Gasteiger partial charge < -0.3 is 4.43 Å². The van der Waals surface area contributed by atoms with Crippen molar-refractivity contribution in [1.29, 1.82) is 0 Å². The molecule has 0 aromatic heterocycles. The van der Waals surface area contributed by atoms with E-state index in [2.05, 4.69) is 47.7 Å². The standard InChI is InChI=1S/C13H28OSi/c1-10-8-11(2)12(9-10)14-15(6,7)13(3,4)5/h10-12H,8-9H2,1-7H3. The molecule has 3 atom stereocenters. The van der Waals surface area contributed by atoms with Crippen molar-refractivity contribution in [1.82, 2.24) is 0 Å². The van der Waals surface area contributed by atoms with E-state index < -0.39 is 8.32 Å². The van der Waals surface area contributed by atoms with Gasteiger partial charge in [-0.05, 0) is 42.8 Å². The van der Waals surface area contributed by atoms with Crippen molar-refractivity contribution in [3.63, 3.8) is 0 Å². The highest BCUT2D eigenvalue weighted by atomic mass is 28.4. The molecule has 1 saturated carbocycles. The number of hydrogen-bond acceptors (Lipinski definition) is 1. The first-order valence-electron chi connectivity index (χ1n) is 6.31. The summed E-state index contributed by atoms with van der Waals surface area (Å²) < 4.78 is 6.48. The second-order valence-electron chi connectivity index (χ2n) is 6.97. The molecule has 90 valence electrons. The van der Waals surface area contributed by atoms with Crippen molar-refractivity contribution in [2.24, 2.45) is 11.8 Å². The van der Waals surface area contributed by atoms with E-state index in [0.29, 0.717) is 11.1 Å².